The number of carbonyl (C=O) groups is 1. The molecule has 0 bridgehead atoms. The number of amides is 1. The lowest BCUT2D eigenvalue weighted by Crippen LogP contribution is -2.23. The maximum atomic E-state index is 12.6. The third-order valence-corrected chi connectivity index (χ3v) is 5.39. The molecule has 2 aromatic carbocycles. The molecule has 1 aromatic heterocycles. The molecule has 6 nitrogen and oxygen atoms in total. The Kier molecular flexibility index (Phi) is 4.92. The van der Waals surface area contributed by atoms with Gasteiger partial charge >= 0.3 is 5.51 Å². The number of anilines is 1. The molecule has 0 saturated carbocycles. The van der Waals surface area contributed by atoms with Crippen LogP contribution in [0.2, 0.25) is 0 Å². The Bertz CT molecular complexity index is 1130. The summed E-state index contributed by atoms with van der Waals surface area (Å²) in [6.07, 6.45) is 0. The molecule has 1 heterocycles. The molecule has 0 aliphatic rings. The van der Waals surface area contributed by atoms with Crippen molar-refractivity contribution in [3.63, 3.8) is 0 Å². The Morgan fingerprint density at radius 2 is 1.75 bits per heavy atom. The highest BCUT2D eigenvalue weighted by molar-refractivity contribution is 7.92. The van der Waals surface area contributed by atoms with Gasteiger partial charge in [-0.2, -0.15) is 13.2 Å². The predicted molar refractivity (Wildman–Crippen MR) is 95.7 cm³/mol. The molecule has 0 aliphatic heterocycles. The number of sulfone groups is 1. The van der Waals surface area contributed by atoms with Gasteiger partial charge in [-0.3, -0.25) is 4.79 Å². The van der Waals surface area contributed by atoms with Gasteiger partial charge in [0.1, 0.15) is 5.52 Å². The first kappa shape index (κ1) is 19.9. The summed E-state index contributed by atoms with van der Waals surface area (Å²) in [7, 11) is -5.46. The van der Waals surface area contributed by atoms with Crippen LogP contribution >= 0.6 is 0 Å². The summed E-state index contributed by atoms with van der Waals surface area (Å²) in [5, 5.41) is 2.59. The molecule has 0 saturated heterocycles. The zero-order valence-corrected chi connectivity index (χ0v) is 15.6. The van der Waals surface area contributed by atoms with Gasteiger partial charge in [0, 0.05) is 17.2 Å². The zero-order valence-electron chi connectivity index (χ0n) is 14.7. The van der Waals surface area contributed by atoms with Crippen molar-refractivity contribution < 1.29 is 30.8 Å². The summed E-state index contributed by atoms with van der Waals surface area (Å²) in [6, 6.07) is 8.35. The molecule has 3 rings (SSSR count). The zero-order chi connectivity index (χ0) is 20.7. The standard InChI is InChI=1S/C18H15F3N2O4S/c1-10(2)17-23-14-9-12(5-8-15(14)27-17)22-16(24)11-3-6-13(7-4-11)28(25,26)18(19,20)21/h3-10H,1-2H3,(H,22,24). The second kappa shape index (κ2) is 6.93. The first-order valence-corrected chi connectivity index (χ1v) is 9.60. The first-order chi connectivity index (χ1) is 13.0. The van der Waals surface area contributed by atoms with Crippen LogP contribution in [0.25, 0.3) is 11.1 Å². The molecule has 1 N–H and O–H groups in total. The second-order valence-corrected chi connectivity index (χ2v) is 8.26. The van der Waals surface area contributed by atoms with E-state index < -0.39 is 26.1 Å². The van der Waals surface area contributed by atoms with Crippen molar-refractivity contribution in [3.05, 3.63) is 53.9 Å². The molecule has 28 heavy (non-hydrogen) atoms. The van der Waals surface area contributed by atoms with Crippen LogP contribution in [0.3, 0.4) is 0 Å². The normalized spacial score (nSPS) is 12.5. The van der Waals surface area contributed by atoms with Crippen LogP contribution in [0.4, 0.5) is 18.9 Å². The van der Waals surface area contributed by atoms with Crippen LogP contribution in [0.5, 0.6) is 0 Å². The van der Waals surface area contributed by atoms with Gasteiger partial charge in [-0.1, -0.05) is 13.8 Å². The molecular formula is C18H15F3N2O4S. The molecule has 10 heteroatoms. The molecule has 3 aromatic rings. The minimum atomic E-state index is -5.46. The third kappa shape index (κ3) is 3.72. The van der Waals surface area contributed by atoms with Gasteiger partial charge < -0.3 is 9.73 Å². The fraction of sp³-hybridized carbons (Fsp3) is 0.222. The van der Waals surface area contributed by atoms with Crippen LogP contribution < -0.4 is 5.32 Å². The van der Waals surface area contributed by atoms with E-state index in [2.05, 4.69) is 10.3 Å². The Morgan fingerprint density at radius 3 is 2.32 bits per heavy atom. The largest absolute Gasteiger partial charge is 0.501 e. The number of fused-ring (bicyclic) bond motifs is 1. The number of nitrogens with zero attached hydrogens (tertiary/aromatic N) is 1. The Labute approximate surface area is 158 Å². The molecule has 0 unspecified atom stereocenters. The van der Waals surface area contributed by atoms with E-state index in [0.717, 1.165) is 24.3 Å². The number of aromatic nitrogens is 1. The van der Waals surface area contributed by atoms with E-state index in [1.807, 2.05) is 13.8 Å². The van der Waals surface area contributed by atoms with Gasteiger partial charge in [0.2, 0.25) is 0 Å². The summed E-state index contributed by atoms with van der Waals surface area (Å²) < 4.78 is 66.0. The van der Waals surface area contributed by atoms with Gasteiger partial charge in [-0.15, -0.1) is 0 Å². The first-order valence-electron chi connectivity index (χ1n) is 8.12. The maximum Gasteiger partial charge on any atom is 0.501 e. The van der Waals surface area contributed by atoms with Crippen LogP contribution in [-0.4, -0.2) is 24.8 Å². The van der Waals surface area contributed by atoms with E-state index in [-0.39, 0.29) is 11.5 Å². The maximum absolute atomic E-state index is 12.6. The number of oxazole rings is 1. The van der Waals surface area contributed by atoms with Crippen molar-refractivity contribution >= 4 is 32.5 Å². The lowest BCUT2D eigenvalue weighted by atomic mass is 10.2. The van der Waals surface area contributed by atoms with Crippen molar-refractivity contribution in [2.24, 2.45) is 0 Å². The van der Waals surface area contributed by atoms with Gasteiger partial charge in [0.25, 0.3) is 15.7 Å². The number of hydrogen-bond donors (Lipinski definition) is 1. The van der Waals surface area contributed by atoms with Gasteiger partial charge in [0.15, 0.2) is 11.5 Å². The van der Waals surface area contributed by atoms with Gasteiger partial charge in [0.05, 0.1) is 4.90 Å². The molecule has 0 atom stereocenters. The van der Waals surface area contributed by atoms with E-state index in [0.29, 0.717) is 22.7 Å². The number of benzene rings is 2. The average Bonchev–Trinajstić information content (AvgIpc) is 3.04. The Morgan fingerprint density at radius 1 is 1.11 bits per heavy atom. The number of hydrogen-bond acceptors (Lipinski definition) is 5. The molecule has 0 aliphatic carbocycles. The summed E-state index contributed by atoms with van der Waals surface area (Å²) in [6.45, 7) is 3.85. The average molecular weight is 412 g/mol. The molecule has 0 spiro atoms. The monoisotopic (exact) mass is 412 g/mol. The topological polar surface area (TPSA) is 89.3 Å². The quantitative estimate of drug-likeness (QED) is 0.682. The summed E-state index contributed by atoms with van der Waals surface area (Å²) in [5.41, 5.74) is -3.88. The second-order valence-electron chi connectivity index (χ2n) is 6.32. The minimum Gasteiger partial charge on any atom is -0.440 e. The number of alkyl halides is 3. The lowest BCUT2D eigenvalue weighted by molar-refractivity contribution is -0.0436. The van der Waals surface area contributed by atoms with Crippen molar-refractivity contribution in [2.45, 2.75) is 30.2 Å². The SMILES string of the molecule is CC(C)c1nc2cc(NC(=O)c3ccc(S(=O)(=O)C(F)(F)F)cc3)ccc2o1. The smallest absolute Gasteiger partial charge is 0.440 e. The van der Waals surface area contributed by atoms with Crippen molar-refractivity contribution in [3.8, 4) is 0 Å². The molecule has 0 radical (unpaired) electrons. The van der Waals surface area contributed by atoms with Crippen molar-refractivity contribution in [1.29, 1.82) is 0 Å². The summed E-state index contributed by atoms with van der Waals surface area (Å²) in [4.78, 5) is 15.7. The van der Waals surface area contributed by atoms with E-state index >= 15 is 0 Å². The highest BCUT2D eigenvalue weighted by Gasteiger charge is 2.46. The van der Waals surface area contributed by atoms with Crippen molar-refractivity contribution in [2.75, 3.05) is 5.32 Å². The highest BCUT2D eigenvalue weighted by atomic mass is 32.2. The van der Waals surface area contributed by atoms with Gasteiger partial charge in [-0.05, 0) is 42.5 Å². The Hall–Kier alpha value is -2.88. The van der Waals surface area contributed by atoms with Crippen LogP contribution in [-0.2, 0) is 9.84 Å². The molecular weight excluding hydrogens is 397 g/mol. The van der Waals surface area contributed by atoms with E-state index in [1.165, 1.54) is 0 Å². The van der Waals surface area contributed by atoms with Crippen LogP contribution in [0.15, 0.2) is 51.8 Å². The van der Waals surface area contributed by atoms with Gasteiger partial charge in [-0.25, -0.2) is 13.4 Å². The number of rotatable bonds is 4. The molecule has 0 fully saturated rings. The number of halogens is 3. The fourth-order valence-corrected chi connectivity index (χ4v) is 3.15. The fourth-order valence-electron chi connectivity index (χ4n) is 2.39. The molecule has 148 valence electrons. The van der Waals surface area contributed by atoms with E-state index in [4.69, 9.17) is 4.42 Å². The highest BCUT2D eigenvalue weighted by Crippen LogP contribution is 2.30. The number of nitrogens with one attached hydrogen (secondary N) is 1. The predicted octanol–water partition coefficient (Wildman–Crippen LogP) is 4.50. The summed E-state index contributed by atoms with van der Waals surface area (Å²) >= 11 is 0. The number of carbonyl (C=O) groups excluding carboxylic acids is 1. The minimum absolute atomic E-state index is 0.00393. The van der Waals surface area contributed by atoms with E-state index in [1.54, 1.807) is 18.2 Å². The van der Waals surface area contributed by atoms with E-state index in [9.17, 15) is 26.4 Å². The van der Waals surface area contributed by atoms with Crippen molar-refractivity contribution in [1.82, 2.24) is 4.98 Å². The lowest BCUT2D eigenvalue weighted by Gasteiger charge is -2.09. The van der Waals surface area contributed by atoms with Crippen LogP contribution in [0.1, 0.15) is 36.0 Å². The summed E-state index contributed by atoms with van der Waals surface area (Å²) in [5.74, 6) is 0.0414. The third-order valence-electron chi connectivity index (χ3n) is 3.89. The molecule has 1 amide bonds. The Balaban J connectivity index is 1.80. The van der Waals surface area contributed by atoms with Crippen LogP contribution in [0, 0.1) is 0 Å².